The lowest BCUT2D eigenvalue weighted by molar-refractivity contribution is -0.117. The molecule has 0 heterocycles. The summed E-state index contributed by atoms with van der Waals surface area (Å²) in [4.78, 5) is 22.8. The van der Waals surface area contributed by atoms with E-state index in [9.17, 15) is 9.59 Å². The first-order valence-corrected chi connectivity index (χ1v) is 6.07. The Balaban J connectivity index is 2.84. The maximum atomic E-state index is 11.7. The van der Waals surface area contributed by atoms with Crippen LogP contribution >= 0.6 is 0 Å². The maximum absolute atomic E-state index is 11.7. The number of hydrogen-bond acceptors (Lipinski definition) is 2. The van der Waals surface area contributed by atoms with Gasteiger partial charge in [0.15, 0.2) is 0 Å². The first kappa shape index (κ1) is 14.2. The molecular weight excluding hydrogens is 230 g/mol. The minimum Gasteiger partial charge on any atom is -0.478 e. The van der Waals surface area contributed by atoms with Crippen LogP contribution in [0.2, 0.25) is 0 Å². The molecule has 0 spiro atoms. The van der Waals surface area contributed by atoms with Crippen molar-refractivity contribution in [2.24, 2.45) is 5.92 Å². The van der Waals surface area contributed by atoms with Crippen LogP contribution in [0.3, 0.4) is 0 Å². The van der Waals surface area contributed by atoms with Crippen LogP contribution in [0.15, 0.2) is 18.2 Å². The SMILES string of the molecule is CCC(C)CC(=O)Nc1ccc(C)cc1C(=O)O. The van der Waals surface area contributed by atoms with Gasteiger partial charge < -0.3 is 10.4 Å². The van der Waals surface area contributed by atoms with Gasteiger partial charge in [0.2, 0.25) is 5.91 Å². The molecule has 0 aliphatic rings. The zero-order chi connectivity index (χ0) is 13.7. The molecule has 0 fully saturated rings. The summed E-state index contributed by atoms with van der Waals surface area (Å²) in [5.41, 5.74) is 1.35. The largest absolute Gasteiger partial charge is 0.478 e. The Kier molecular flexibility index (Phi) is 4.89. The van der Waals surface area contributed by atoms with Gasteiger partial charge in [0.1, 0.15) is 0 Å². The number of carboxylic acid groups (broad SMARTS) is 1. The molecule has 4 heteroatoms. The van der Waals surface area contributed by atoms with Crippen molar-refractivity contribution >= 4 is 17.6 Å². The fourth-order valence-corrected chi connectivity index (χ4v) is 1.61. The molecule has 1 aromatic carbocycles. The third-order valence-corrected chi connectivity index (χ3v) is 2.91. The Morgan fingerprint density at radius 1 is 1.39 bits per heavy atom. The number of carboxylic acids is 1. The highest BCUT2D eigenvalue weighted by Crippen LogP contribution is 2.18. The Morgan fingerprint density at radius 2 is 2.06 bits per heavy atom. The molecule has 1 rings (SSSR count). The van der Waals surface area contributed by atoms with E-state index >= 15 is 0 Å². The average molecular weight is 249 g/mol. The van der Waals surface area contributed by atoms with Crippen LogP contribution in [0, 0.1) is 12.8 Å². The fourth-order valence-electron chi connectivity index (χ4n) is 1.61. The number of carbonyl (C=O) groups excluding carboxylic acids is 1. The third kappa shape index (κ3) is 3.87. The summed E-state index contributed by atoms with van der Waals surface area (Å²) in [6, 6.07) is 4.97. The molecule has 0 saturated carbocycles. The first-order chi connectivity index (χ1) is 8.43. The summed E-state index contributed by atoms with van der Waals surface area (Å²) >= 11 is 0. The topological polar surface area (TPSA) is 66.4 Å². The summed E-state index contributed by atoms with van der Waals surface area (Å²) in [5, 5.41) is 11.7. The van der Waals surface area contributed by atoms with Crippen molar-refractivity contribution in [1.82, 2.24) is 0 Å². The van der Waals surface area contributed by atoms with Gasteiger partial charge in [0.05, 0.1) is 11.3 Å². The molecule has 2 N–H and O–H groups in total. The van der Waals surface area contributed by atoms with E-state index < -0.39 is 5.97 Å². The van der Waals surface area contributed by atoms with Gasteiger partial charge in [-0.25, -0.2) is 4.79 Å². The van der Waals surface area contributed by atoms with Crippen molar-refractivity contribution in [1.29, 1.82) is 0 Å². The standard InChI is InChI=1S/C14H19NO3/c1-4-9(2)8-13(16)15-12-6-5-10(3)7-11(12)14(17)18/h5-7,9H,4,8H2,1-3H3,(H,15,16)(H,17,18). The fraction of sp³-hybridized carbons (Fsp3) is 0.429. The Morgan fingerprint density at radius 3 is 2.61 bits per heavy atom. The van der Waals surface area contributed by atoms with Gasteiger partial charge in [-0.05, 0) is 25.0 Å². The highest BCUT2D eigenvalue weighted by atomic mass is 16.4. The lowest BCUT2D eigenvalue weighted by Crippen LogP contribution is -2.17. The number of nitrogens with one attached hydrogen (secondary N) is 1. The second-order valence-corrected chi connectivity index (χ2v) is 4.62. The lowest BCUT2D eigenvalue weighted by Gasteiger charge is -2.11. The van der Waals surface area contributed by atoms with E-state index in [1.165, 1.54) is 0 Å². The van der Waals surface area contributed by atoms with Crippen molar-refractivity contribution in [2.45, 2.75) is 33.6 Å². The van der Waals surface area contributed by atoms with E-state index in [1.54, 1.807) is 18.2 Å². The molecule has 18 heavy (non-hydrogen) atoms. The van der Waals surface area contributed by atoms with E-state index in [0.717, 1.165) is 12.0 Å². The number of carbonyl (C=O) groups is 2. The molecule has 4 nitrogen and oxygen atoms in total. The molecule has 0 aliphatic carbocycles. The Bertz CT molecular complexity index is 454. The number of hydrogen-bond donors (Lipinski definition) is 2. The van der Waals surface area contributed by atoms with Gasteiger partial charge >= 0.3 is 5.97 Å². The van der Waals surface area contributed by atoms with Crippen LogP contribution in [-0.2, 0) is 4.79 Å². The summed E-state index contributed by atoms with van der Waals surface area (Å²) in [6.07, 6.45) is 1.33. The van der Waals surface area contributed by atoms with Crippen molar-refractivity contribution in [3.63, 3.8) is 0 Å². The van der Waals surface area contributed by atoms with E-state index in [-0.39, 0.29) is 11.5 Å². The maximum Gasteiger partial charge on any atom is 0.337 e. The average Bonchev–Trinajstić information content (AvgIpc) is 2.30. The third-order valence-electron chi connectivity index (χ3n) is 2.91. The van der Waals surface area contributed by atoms with Gasteiger partial charge in [-0.2, -0.15) is 0 Å². The molecule has 0 radical (unpaired) electrons. The van der Waals surface area contributed by atoms with Gasteiger partial charge in [0, 0.05) is 6.42 Å². The van der Waals surface area contributed by atoms with Crippen LogP contribution < -0.4 is 5.32 Å². The van der Waals surface area contributed by atoms with Crippen molar-refractivity contribution in [3.05, 3.63) is 29.3 Å². The summed E-state index contributed by atoms with van der Waals surface area (Å²) in [7, 11) is 0. The zero-order valence-corrected chi connectivity index (χ0v) is 11.0. The molecule has 1 aromatic rings. The summed E-state index contributed by atoms with van der Waals surface area (Å²) < 4.78 is 0. The Labute approximate surface area is 107 Å². The van der Waals surface area contributed by atoms with Gasteiger partial charge in [-0.3, -0.25) is 4.79 Å². The van der Waals surface area contributed by atoms with Gasteiger partial charge in [-0.1, -0.05) is 31.9 Å². The number of aryl methyl sites for hydroxylation is 1. The molecule has 1 unspecified atom stereocenters. The minimum atomic E-state index is -1.03. The Hall–Kier alpha value is -1.84. The molecule has 1 amide bonds. The second-order valence-electron chi connectivity index (χ2n) is 4.62. The number of rotatable bonds is 5. The normalized spacial score (nSPS) is 11.9. The second kappa shape index (κ2) is 6.19. The number of aromatic carboxylic acids is 1. The molecule has 0 saturated heterocycles. The lowest BCUT2D eigenvalue weighted by atomic mass is 10.0. The monoisotopic (exact) mass is 249 g/mol. The van der Waals surface area contributed by atoms with Crippen LogP contribution in [0.1, 0.15) is 42.6 Å². The molecule has 0 aliphatic heterocycles. The van der Waals surface area contributed by atoms with Crippen LogP contribution in [0.25, 0.3) is 0 Å². The smallest absolute Gasteiger partial charge is 0.337 e. The predicted octanol–water partition coefficient (Wildman–Crippen LogP) is 3.07. The van der Waals surface area contributed by atoms with E-state index in [1.807, 2.05) is 20.8 Å². The molecule has 98 valence electrons. The van der Waals surface area contributed by atoms with Crippen molar-refractivity contribution in [3.8, 4) is 0 Å². The highest BCUT2D eigenvalue weighted by molar-refractivity contribution is 6.00. The van der Waals surface area contributed by atoms with Crippen molar-refractivity contribution in [2.75, 3.05) is 5.32 Å². The number of benzene rings is 1. The van der Waals surface area contributed by atoms with Crippen LogP contribution in [-0.4, -0.2) is 17.0 Å². The number of anilines is 1. The predicted molar refractivity (Wildman–Crippen MR) is 70.8 cm³/mol. The molecule has 1 atom stereocenters. The molecule has 0 bridgehead atoms. The van der Waals surface area contributed by atoms with Gasteiger partial charge in [0.25, 0.3) is 0 Å². The minimum absolute atomic E-state index is 0.132. The van der Waals surface area contributed by atoms with Gasteiger partial charge in [-0.15, -0.1) is 0 Å². The van der Waals surface area contributed by atoms with E-state index in [2.05, 4.69) is 5.32 Å². The summed E-state index contributed by atoms with van der Waals surface area (Å²) in [5.74, 6) is -0.878. The number of amides is 1. The zero-order valence-electron chi connectivity index (χ0n) is 11.0. The quantitative estimate of drug-likeness (QED) is 0.842. The van der Waals surface area contributed by atoms with Crippen LogP contribution in [0.5, 0.6) is 0 Å². The van der Waals surface area contributed by atoms with Crippen molar-refractivity contribution < 1.29 is 14.7 Å². The van der Waals surface area contributed by atoms with E-state index in [0.29, 0.717) is 18.0 Å². The summed E-state index contributed by atoms with van der Waals surface area (Å²) in [6.45, 7) is 5.83. The molecular formula is C14H19NO3. The van der Waals surface area contributed by atoms with E-state index in [4.69, 9.17) is 5.11 Å². The highest BCUT2D eigenvalue weighted by Gasteiger charge is 2.13. The first-order valence-electron chi connectivity index (χ1n) is 6.07. The molecule has 0 aromatic heterocycles. The van der Waals surface area contributed by atoms with Crippen LogP contribution in [0.4, 0.5) is 5.69 Å².